The van der Waals surface area contributed by atoms with Crippen LogP contribution < -0.4 is 5.32 Å². The van der Waals surface area contributed by atoms with Crippen LogP contribution >= 0.6 is 0 Å². The second kappa shape index (κ2) is 7.26. The van der Waals surface area contributed by atoms with Crippen LogP contribution in [0, 0.1) is 5.92 Å². The number of carbonyl (C=O) groups is 1. The maximum absolute atomic E-state index is 12.0. The maximum Gasteiger partial charge on any atom is 0.220 e. The number of benzene rings is 2. The van der Waals surface area contributed by atoms with Crippen molar-refractivity contribution in [3.8, 4) is 0 Å². The molecule has 0 radical (unpaired) electrons. The fourth-order valence-electron chi connectivity index (χ4n) is 2.69. The fourth-order valence-corrected chi connectivity index (χ4v) is 2.69. The summed E-state index contributed by atoms with van der Waals surface area (Å²) in [7, 11) is 0. The number of hydrogen-bond donors (Lipinski definition) is 1. The van der Waals surface area contributed by atoms with Gasteiger partial charge >= 0.3 is 0 Å². The Balaban J connectivity index is 2.02. The lowest BCUT2D eigenvalue weighted by molar-refractivity contribution is -0.121. The van der Waals surface area contributed by atoms with Crippen LogP contribution in [0.1, 0.15) is 51.6 Å². The van der Waals surface area contributed by atoms with Crippen LogP contribution in [0.15, 0.2) is 42.5 Å². The molecular weight excluding hydrogens is 258 g/mol. The molecule has 2 nitrogen and oxygen atoms in total. The van der Waals surface area contributed by atoms with Crippen molar-refractivity contribution in [2.75, 3.05) is 0 Å². The predicted molar refractivity (Wildman–Crippen MR) is 89.2 cm³/mol. The highest BCUT2D eigenvalue weighted by atomic mass is 16.1. The van der Waals surface area contributed by atoms with Crippen molar-refractivity contribution in [2.45, 2.75) is 46.1 Å². The molecule has 1 atom stereocenters. The third-order valence-corrected chi connectivity index (χ3v) is 3.85. The number of amides is 1. The minimum Gasteiger partial charge on any atom is -0.350 e. The smallest absolute Gasteiger partial charge is 0.220 e. The zero-order valence-electron chi connectivity index (χ0n) is 13.2. The van der Waals surface area contributed by atoms with E-state index in [1.807, 2.05) is 12.1 Å². The average Bonchev–Trinajstić information content (AvgIpc) is 2.46. The molecule has 2 aromatic rings. The van der Waals surface area contributed by atoms with Gasteiger partial charge in [-0.1, -0.05) is 62.7 Å². The third kappa shape index (κ3) is 4.32. The fraction of sp³-hybridized carbons (Fsp3) is 0.421. The topological polar surface area (TPSA) is 29.1 Å². The van der Waals surface area contributed by atoms with Gasteiger partial charge in [0.2, 0.25) is 5.91 Å². The third-order valence-electron chi connectivity index (χ3n) is 3.85. The van der Waals surface area contributed by atoms with Gasteiger partial charge in [0, 0.05) is 6.42 Å². The molecular formula is C19H25NO. The lowest BCUT2D eigenvalue weighted by Gasteiger charge is -2.17. The first-order valence-electron chi connectivity index (χ1n) is 7.85. The van der Waals surface area contributed by atoms with Crippen LogP contribution in [0.2, 0.25) is 0 Å². The molecule has 0 heterocycles. The Hall–Kier alpha value is -1.83. The minimum atomic E-state index is 0.0441. The van der Waals surface area contributed by atoms with E-state index >= 15 is 0 Å². The quantitative estimate of drug-likeness (QED) is 0.807. The van der Waals surface area contributed by atoms with Gasteiger partial charge < -0.3 is 5.32 Å². The molecule has 2 rings (SSSR count). The molecule has 0 aromatic heterocycles. The standard InChI is InChI=1S/C19H25NO/c1-14(2)8-6-13-19(21)20-15(3)17-12-7-10-16-9-4-5-11-18(16)17/h4-5,7,9-12,14-15H,6,8,13H2,1-3H3,(H,20,21). The normalized spacial score (nSPS) is 12.6. The van der Waals surface area contributed by atoms with E-state index in [0.29, 0.717) is 12.3 Å². The van der Waals surface area contributed by atoms with Crippen LogP contribution in [-0.2, 0) is 4.79 Å². The van der Waals surface area contributed by atoms with E-state index in [9.17, 15) is 4.79 Å². The maximum atomic E-state index is 12.0. The average molecular weight is 283 g/mol. The summed E-state index contributed by atoms with van der Waals surface area (Å²) in [6.45, 7) is 6.44. The van der Waals surface area contributed by atoms with Crippen molar-refractivity contribution in [2.24, 2.45) is 5.92 Å². The summed E-state index contributed by atoms with van der Waals surface area (Å²) < 4.78 is 0. The Kier molecular flexibility index (Phi) is 5.38. The zero-order valence-corrected chi connectivity index (χ0v) is 13.2. The summed E-state index contributed by atoms with van der Waals surface area (Å²) in [5.74, 6) is 0.810. The summed E-state index contributed by atoms with van der Waals surface area (Å²) in [5, 5.41) is 5.56. The van der Waals surface area contributed by atoms with Crippen LogP contribution in [0.25, 0.3) is 10.8 Å². The largest absolute Gasteiger partial charge is 0.350 e. The van der Waals surface area contributed by atoms with Gasteiger partial charge in [0.1, 0.15) is 0 Å². The molecule has 1 unspecified atom stereocenters. The monoisotopic (exact) mass is 283 g/mol. The van der Waals surface area contributed by atoms with Crippen molar-refractivity contribution in [3.63, 3.8) is 0 Å². The number of carbonyl (C=O) groups excluding carboxylic acids is 1. The van der Waals surface area contributed by atoms with Gasteiger partial charge in [-0.25, -0.2) is 0 Å². The van der Waals surface area contributed by atoms with Crippen LogP contribution in [0.3, 0.4) is 0 Å². The van der Waals surface area contributed by atoms with Gasteiger partial charge in [0.15, 0.2) is 0 Å². The Morgan fingerprint density at radius 3 is 2.52 bits per heavy atom. The Morgan fingerprint density at radius 2 is 1.76 bits per heavy atom. The highest BCUT2D eigenvalue weighted by Gasteiger charge is 2.12. The first-order valence-corrected chi connectivity index (χ1v) is 7.85. The lowest BCUT2D eigenvalue weighted by Crippen LogP contribution is -2.26. The summed E-state index contributed by atoms with van der Waals surface area (Å²) in [4.78, 5) is 12.0. The molecule has 1 N–H and O–H groups in total. The highest BCUT2D eigenvalue weighted by molar-refractivity contribution is 5.86. The van der Waals surface area contributed by atoms with E-state index in [-0.39, 0.29) is 11.9 Å². The van der Waals surface area contributed by atoms with Gasteiger partial charge in [-0.2, -0.15) is 0 Å². The van der Waals surface area contributed by atoms with Gasteiger partial charge in [-0.05, 0) is 35.6 Å². The van der Waals surface area contributed by atoms with E-state index in [4.69, 9.17) is 0 Å². The molecule has 0 bridgehead atoms. The molecule has 0 fully saturated rings. The molecule has 0 aliphatic rings. The van der Waals surface area contributed by atoms with Crippen LogP contribution in [0.5, 0.6) is 0 Å². The Labute approximate surface area is 127 Å². The van der Waals surface area contributed by atoms with E-state index in [1.165, 1.54) is 16.3 Å². The van der Waals surface area contributed by atoms with Gasteiger partial charge in [-0.3, -0.25) is 4.79 Å². The van der Waals surface area contributed by atoms with Crippen LogP contribution in [-0.4, -0.2) is 5.91 Å². The van der Waals surface area contributed by atoms with Crippen molar-refractivity contribution in [3.05, 3.63) is 48.0 Å². The van der Waals surface area contributed by atoms with E-state index in [2.05, 4.69) is 56.4 Å². The van der Waals surface area contributed by atoms with Crippen molar-refractivity contribution < 1.29 is 4.79 Å². The van der Waals surface area contributed by atoms with E-state index < -0.39 is 0 Å². The summed E-state index contributed by atoms with van der Waals surface area (Å²) in [5.41, 5.74) is 1.19. The molecule has 2 heteroatoms. The van der Waals surface area contributed by atoms with Crippen molar-refractivity contribution >= 4 is 16.7 Å². The minimum absolute atomic E-state index is 0.0441. The molecule has 0 spiro atoms. The number of nitrogens with one attached hydrogen (secondary N) is 1. The van der Waals surface area contributed by atoms with E-state index in [0.717, 1.165) is 12.8 Å². The summed E-state index contributed by atoms with van der Waals surface area (Å²) >= 11 is 0. The molecule has 112 valence electrons. The molecule has 2 aromatic carbocycles. The van der Waals surface area contributed by atoms with Gasteiger partial charge in [-0.15, -0.1) is 0 Å². The predicted octanol–water partition coefficient (Wildman–Crippen LogP) is 4.84. The zero-order chi connectivity index (χ0) is 15.2. The van der Waals surface area contributed by atoms with Crippen LogP contribution in [0.4, 0.5) is 0 Å². The molecule has 0 saturated heterocycles. The number of rotatable bonds is 6. The molecule has 1 amide bonds. The lowest BCUT2D eigenvalue weighted by atomic mass is 9.99. The SMILES string of the molecule is CC(C)CCCC(=O)NC(C)c1cccc2ccccc12. The van der Waals surface area contributed by atoms with Gasteiger partial charge in [0.05, 0.1) is 6.04 Å². The Morgan fingerprint density at radius 1 is 1.05 bits per heavy atom. The molecule has 0 aliphatic carbocycles. The molecule has 21 heavy (non-hydrogen) atoms. The number of hydrogen-bond acceptors (Lipinski definition) is 1. The summed E-state index contributed by atoms with van der Waals surface area (Å²) in [6, 6.07) is 14.6. The van der Waals surface area contributed by atoms with Crippen molar-refractivity contribution in [1.29, 1.82) is 0 Å². The van der Waals surface area contributed by atoms with Gasteiger partial charge in [0.25, 0.3) is 0 Å². The summed E-state index contributed by atoms with van der Waals surface area (Å²) in [6.07, 6.45) is 2.69. The first-order chi connectivity index (χ1) is 10.1. The number of fused-ring (bicyclic) bond motifs is 1. The second-order valence-corrected chi connectivity index (χ2v) is 6.14. The Bertz CT molecular complexity index is 598. The van der Waals surface area contributed by atoms with Crippen molar-refractivity contribution in [1.82, 2.24) is 5.32 Å². The highest BCUT2D eigenvalue weighted by Crippen LogP contribution is 2.24. The molecule has 0 saturated carbocycles. The second-order valence-electron chi connectivity index (χ2n) is 6.14. The first kappa shape index (κ1) is 15.6. The van der Waals surface area contributed by atoms with E-state index in [1.54, 1.807) is 0 Å². The molecule has 0 aliphatic heterocycles.